The molecule has 1 aliphatic rings. The molecule has 0 N–H and O–H groups in total. The standard InChI is InChI=1S/C13H13NO3/c1-9(15)14-8-10(7-13(16)17-2)11-5-3-4-6-12(11)14/h3-7H,8H2,1-2H3/b10-7+. The van der Waals surface area contributed by atoms with E-state index < -0.39 is 5.97 Å². The number of nitrogens with zero attached hydrogens (tertiary/aromatic N) is 1. The molecule has 0 aliphatic carbocycles. The molecule has 1 amide bonds. The number of hydrogen-bond donors (Lipinski definition) is 0. The van der Waals surface area contributed by atoms with Crippen LogP contribution in [0, 0.1) is 0 Å². The summed E-state index contributed by atoms with van der Waals surface area (Å²) in [6.07, 6.45) is 1.43. The fourth-order valence-corrected chi connectivity index (χ4v) is 1.93. The number of amides is 1. The number of fused-ring (bicyclic) bond motifs is 1. The molecule has 1 aromatic rings. The number of rotatable bonds is 1. The van der Waals surface area contributed by atoms with Crippen LogP contribution < -0.4 is 4.90 Å². The summed E-state index contributed by atoms with van der Waals surface area (Å²) in [6.45, 7) is 1.93. The molecule has 0 bridgehead atoms. The molecule has 0 atom stereocenters. The summed E-state index contributed by atoms with van der Waals surface area (Å²) in [5, 5.41) is 0. The van der Waals surface area contributed by atoms with Crippen LogP contribution in [-0.4, -0.2) is 25.5 Å². The first-order valence-electron chi connectivity index (χ1n) is 5.29. The molecule has 0 aromatic heterocycles. The maximum atomic E-state index is 11.5. The molecule has 4 heteroatoms. The summed E-state index contributed by atoms with van der Waals surface area (Å²) >= 11 is 0. The fourth-order valence-electron chi connectivity index (χ4n) is 1.93. The summed E-state index contributed by atoms with van der Waals surface area (Å²) < 4.78 is 4.60. The average Bonchev–Trinajstić information content (AvgIpc) is 2.68. The van der Waals surface area contributed by atoms with Crippen LogP contribution in [0.3, 0.4) is 0 Å². The minimum atomic E-state index is -0.403. The highest BCUT2D eigenvalue weighted by Gasteiger charge is 2.26. The lowest BCUT2D eigenvalue weighted by atomic mass is 10.1. The van der Waals surface area contributed by atoms with Crippen LogP contribution >= 0.6 is 0 Å². The second-order valence-corrected chi connectivity index (χ2v) is 3.82. The minimum absolute atomic E-state index is 0.0364. The van der Waals surface area contributed by atoms with E-state index in [4.69, 9.17) is 0 Å². The Kier molecular flexibility index (Phi) is 2.95. The molecule has 0 saturated heterocycles. The second kappa shape index (κ2) is 4.41. The van der Waals surface area contributed by atoms with Gasteiger partial charge >= 0.3 is 5.97 Å². The van der Waals surface area contributed by atoms with Crippen molar-refractivity contribution < 1.29 is 14.3 Å². The zero-order valence-electron chi connectivity index (χ0n) is 9.77. The number of benzene rings is 1. The molecule has 1 aromatic carbocycles. The highest BCUT2D eigenvalue weighted by Crippen LogP contribution is 2.35. The van der Waals surface area contributed by atoms with E-state index in [1.54, 1.807) is 4.90 Å². The predicted molar refractivity (Wildman–Crippen MR) is 64.5 cm³/mol. The normalized spacial score (nSPS) is 15.9. The van der Waals surface area contributed by atoms with Gasteiger partial charge in [0.25, 0.3) is 0 Å². The van der Waals surface area contributed by atoms with Gasteiger partial charge in [-0.15, -0.1) is 0 Å². The van der Waals surface area contributed by atoms with Crippen LogP contribution in [0.1, 0.15) is 12.5 Å². The van der Waals surface area contributed by atoms with Crippen molar-refractivity contribution in [1.82, 2.24) is 0 Å². The van der Waals surface area contributed by atoms with Crippen molar-refractivity contribution in [3.05, 3.63) is 35.9 Å². The van der Waals surface area contributed by atoms with Gasteiger partial charge in [0.05, 0.1) is 19.3 Å². The Bertz CT molecular complexity index is 505. The Morgan fingerprint density at radius 2 is 2.06 bits per heavy atom. The van der Waals surface area contributed by atoms with Crippen molar-refractivity contribution in [3.63, 3.8) is 0 Å². The topological polar surface area (TPSA) is 46.6 Å². The molecule has 0 fully saturated rings. The van der Waals surface area contributed by atoms with E-state index in [-0.39, 0.29) is 5.91 Å². The Hall–Kier alpha value is -2.10. The maximum Gasteiger partial charge on any atom is 0.330 e. The van der Waals surface area contributed by atoms with Crippen molar-refractivity contribution in [1.29, 1.82) is 0 Å². The van der Waals surface area contributed by atoms with Gasteiger partial charge in [0.15, 0.2) is 0 Å². The number of esters is 1. The molecular weight excluding hydrogens is 218 g/mol. The largest absolute Gasteiger partial charge is 0.466 e. The molecule has 0 unspecified atom stereocenters. The van der Waals surface area contributed by atoms with Gasteiger partial charge < -0.3 is 9.64 Å². The van der Waals surface area contributed by atoms with Crippen molar-refractivity contribution in [2.45, 2.75) is 6.92 Å². The first-order chi connectivity index (χ1) is 8.13. The van der Waals surface area contributed by atoms with Gasteiger partial charge in [0.2, 0.25) is 5.91 Å². The highest BCUT2D eigenvalue weighted by molar-refractivity contribution is 6.05. The summed E-state index contributed by atoms with van der Waals surface area (Å²) in [7, 11) is 1.34. The quantitative estimate of drug-likeness (QED) is 0.545. The van der Waals surface area contributed by atoms with Crippen molar-refractivity contribution in [3.8, 4) is 0 Å². The van der Waals surface area contributed by atoms with E-state index in [1.807, 2.05) is 24.3 Å². The highest BCUT2D eigenvalue weighted by atomic mass is 16.5. The monoisotopic (exact) mass is 231 g/mol. The van der Waals surface area contributed by atoms with Gasteiger partial charge in [-0.1, -0.05) is 18.2 Å². The molecule has 88 valence electrons. The maximum absolute atomic E-state index is 11.5. The number of hydrogen-bond acceptors (Lipinski definition) is 3. The lowest BCUT2D eigenvalue weighted by Crippen LogP contribution is -2.25. The number of anilines is 1. The van der Waals surface area contributed by atoms with E-state index >= 15 is 0 Å². The van der Waals surface area contributed by atoms with Crippen molar-refractivity contribution in [2.24, 2.45) is 0 Å². The van der Waals surface area contributed by atoms with E-state index in [1.165, 1.54) is 20.1 Å². The SMILES string of the molecule is COC(=O)/C=C1\CN(C(C)=O)c2ccccc21. The molecule has 0 spiro atoms. The number of carbonyl (C=O) groups is 2. The fraction of sp³-hybridized carbons (Fsp3) is 0.231. The summed E-state index contributed by atoms with van der Waals surface area (Å²) in [5.74, 6) is -0.439. The molecule has 17 heavy (non-hydrogen) atoms. The number of para-hydroxylation sites is 1. The van der Waals surface area contributed by atoms with Gasteiger partial charge in [-0.05, 0) is 11.6 Å². The van der Waals surface area contributed by atoms with Crippen molar-refractivity contribution in [2.75, 3.05) is 18.6 Å². The Morgan fingerprint density at radius 3 is 2.71 bits per heavy atom. The lowest BCUT2D eigenvalue weighted by molar-refractivity contribution is -0.134. The van der Waals surface area contributed by atoms with Crippen LogP contribution in [0.4, 0.5) is 5.69 Å². The molecule has 1 aliphatic heterocycles. The summed E-state index contributed by atoms with van der Waals surface area (Å²) in [4.78, 5) is 24.4. The first kappa shape index (κ1) is 11.4. The van der Waals surface area contributed by atoms with Crippen LogP contribution in [-0.2, 0) is 14.3 Å². The summed E-state index contributed by atoms with van der Waals surface area (Å²) in [6, 6.07) is 7.52. The molecule has 0 radical (unpaired) electrons. The van der Waals surface area contributed by atoms with E-state index in [0.717, 1.165) is 16.8 Å². The summed E-state index contributed by atoms with van der Waals surface area (Å²) in [5.41, 5.74) is 2.56. The van der Waals surface area contributed by atoms with Gasteiger partial charge in [-0.25, -0.2) is 4.79 Å². The van der Waals surface area contributed by atoms with Crippen molar-refractivity contribution >= 4 is 23.1 Å². The molecule has 4 nitrogen and oxygen atoms in total. The molecule has 1 heterocycles. The molecule has 0 saturated carbocycles. The van der Waals surface area contributed by atoms with Crippen LogP contribution in [0.15, 0.2) is 30.3 Å². The Balaban J connectivity index is 2.45. The number of methoxy groups -OCH3 is 1. The smallest absolute Gasteiger partial charge is 0.330 e. The number of carbonyl (C=O) groups excluding carboxylic acids is 2. The Labute approximate surface area is 99.5 Å². The third-order valence-corrected chi connectivity index (χ3v) is 2.74. The van der Waals surface area contributed by atoms with E-state index in [2.05, 4.69) is 4.74 Å². The van der Waals surface area contributed by atoms with E-state index in [0.29, 0.717) is 6.54 Å². The van der Waals surface area contributed by atoms with Gasteiger partial charge in [-0.2, -0.15) is 0 Å². The minimum Gasteiger partial charge on any atom is -0.466 e. The molecule has 2 rings (SSSR count). The third-order valence-electron chi connectivity index (χ3n) is 2.74. The van der Waals surface area contributed by atoms with Crippen LogP contribution in [0.25, 0.3) is 5.57 Å². The van der Waals surface area contributed by atoms with Gasteiger partial charge in [-0.3, -0.25) is 4.79 Å². The average molecular weight is 231 g/mol. The van der Waals surface area contributed by atoms with E-state index in [9.17, 15) is 9.59 Å². The van der Waals surface area contributed by atoms with Crippen LogP contribution in [0.2, 0.25) is 0 Å². The zero-order valence-corrected chi connectivity index (χ0v) is 9.77. The second-order valence-electron chi connectivity index (χ2n) is 3.82. The number of ether oxygens (including phenoxy) is 1. The zero-order chi connectivity index (χ0) is 12.4. The Morgan fingerprint density at radius 1 is 1.35 bits per heavy atom. The lowest BCUT2D eigenvalue weighted by Gasteiger charge is -2.13. The third kappa shape index (κ3) is 2.06. The molecular formula is C13H13NO3. The van der Waals surface area contributed by atoms with Gasteiger partial charge in [0, 0.05) is 18.6 Å². The predicted octanol–water partition coefficient (Wildman–Crippen LogP) is 1.61. The van der Waals surface area contributed by atoms with Crippen LogP contribution in [0.5, 0.6) is 0 Å². The van der Waals surface area contributed by atoms with Gasteiger partial charge in [0.1, 0.15) is 0 Å². The first-order valence-corrected chi connectivity index (χ1v) is 5.29.